The van der Waals surface area contributed by atoms with Gasteiger partial charge < -0.3 is 29.4 Å². The van der Waals surface area contributed by atoms with Crippen LogP contribution in [0.5, 0.6) is 6.01 Å². The van der Waals surface area contributed by atoms with Crippen LogP contribution in [-0.2, 0) is 4.74 Å². The number of hydrogen-bond acceptors (Lipinski definition) is 8. The van der Waals surface area contributed by atoms with Crippen molar-refractivity contribution in [2.24, 2.45) is 0 Å². The fraction of sp³-hybridized carbons (Fsp3) is 0.429. The average molecular weight is 534 g/mol. The minimum atomic E-state index is -0.518. The van der Waals surface area contributed by atoms with Gasteiger partial charge in [0, 0.05) is 67.5 Å². The number of nitrogens with zero attached hydrogens (tertiary/aromatic N) is 5. The molecule has 2 aliphatic heterocycles. The Morgan fingerprint density at radius 1 is 1.23 bits per heavy atom. The number of aryl methyl sites for hydroxylation is 1. The second-order valence-corrected chi connectivity index (χ2v) is 10.5. The number of piperazine rings is 1. The van der Waals surface area contributed by atoms with Crippen molar-refractivity contribution in [3.63, 3.8) is 0 Å². The molecule has 39 heavy (non-hydrogen) atoms. The number of halogens is 1. The molecule has 11 heteroatoms. The Labute approximate surface area is 225 Å². The molecule has 3 aromatic heterocycles. The van der Waals surface area contributed by atoms with E-state index in [0.717, 1.165) is 43.6 Å². The Hall–Kier alpha value is -3.83. The van der Waals surface area contributed by atoms with Crippen LogP contribution >= 0.6 is 0 Å². The molecule has 204 valence electrons. The topological polar surface area (TPSA) is 106 Å². The summed E-state index contributed by atoms with van der Waals surface area (Å²) in [5.74, 6) is -0.928. The molecule has 0 saturated carbocycles. The average Bonchev–Trinajstić information content (AvgIpc) is 3.55. The Kier molecular flexibility index (Phi) is 6.78. The zero-order chi connectivity index (χ0) is 27.1. The van der Waals surface area contributed by atoms with Gasteiger partial charge >= 0.3 is 6.01 Å². The number of amides is 1. The van der Waals surface area contributed by atoms with E-state index in [1.165, 1.54) is 6.07 Å². The van der Waals surface area contributed by atoms with Crippen molar-refractivity contribution in [3.05, 3.63) is 53.9 Å². The minimum absolute atomic E-state index is 0.0128. The highest BCUT2D eigenvalue weighted by atomic mass is 19.1. The van der Waals surface area contributed by atoms with E-state index in [-0.39, 0.29) is 17.8 Å². The summed E-state index contributed by atoms with van der Waals surface area (Å²) in [5.41, 5.74) is 2.98. The number of carbonyl (C=O) groups excluding carboxylic acids is 1. The summed E-state index contributed by atoms with van der Waals surface area (Å²) in [5, 5.41) is 7.13. The molecule has 1 aromatic carbocycles. The number of rotatable bonds is 6. The second kappa shape index (κ2) is 10.4. The molecule has 2 fully saturated rings. The van der Waals surface area contributed by atoms with Crippen molar-refractivity contribution < 1.29 is 18.7 Å². The van der Waals surface area contributed by atoms with Gasteiger partial charge in [-0.3, -0.25) is 4.79 Å². The summed E-state index contributed by atoms with van der Waals surface area (Å²) in [6.07, 6.45) is 7.02. The van der Waals surface area contributed by atoms with Crippen molar-refractivity contribution in [2.75, 3.05) is 36.5 Å². The summed E-state index contributed by atoms with van der Waals surface area (Å²) in [6, 6.07) is 5.76. The van der Waals surface area contributed by atoms with Gasteiger partial charge in [0.1, 0.15) is 6.61 Å². The summed E-state index contributed by atoms with van der Waals surface area (Å²) < 4.78 is 27.8. The van der Waals surface area contributed by atoms with Crippen molar-refractivity contribution >= 4 is 33.8 Å². The molecular weight excluding hydrogens is 501 g/mol. The number of nitrogens with one attached hydrogen (secondary N) is 2. The SMILES string of the molecule is Cc1cn2cc(NC(=O)c3ccc(N4C[C@@H](C)N[C@@H](C)C4)c4cnc(OCC5CCCO5)nc34)cc(F)c2n1. The van der Waals surface area contributed by atoms with Crippen LogP contribution in [0.1, 0.15) is 42.7 Å². The maximum Gasteiger partial charge on any atom is 0.317 e. The van der Waals surface area contributed by atoms with E-state index in [0.29, 0.717) is 41.2 Å². The van der Waals surface area contributed by atoms with Gasteiger partial charge in [0.05, 0.1) is 28.6 Å². The summed E-state index contributed by atoms with van der Waals surface area (Å²) in [7, 11) is 0. The zero-order valence-corrected chi connectivity index (χ0v) is 22.3. The lowest BCUT2D eigenvalue weighted by Crippen LogP contribution is -2.54. The lowest BCUT2D eigenvalue weighted by atomic mass is 10.0. The third-order valence-electron chi connectivity index (χ3n) is 7.16. The predicted octanol–water partition coefficient (Wildman–Crippen LogP) is 3.72. The number of anilines is 2. The normalized spacial score (nSPS) is 21.5. The fourth-order valence-corrected chi connectivity index (χ4v) is 5.53. The van der Waals surface area contributed by atoms with Crippen LogP contribution in [0.25, 0.3) is 16.6 Å². The standard InChI is InChI=1S/C28H32FN7O3/c1-16-11-35(12-17(2)31-16)24-7-6-21(25-22(24)10-30-28(34-25)39-15-20-5-4-8-38-20)27(37)33-19-9-23(29)26-32-18(3)13-36(26)14-19/h6-7,9-10,13-14,16-17,20,31H,4-5,8,11-12,15H2,1-3H3,(H,33,37)/t16-,17+,20?. The Morgan fingerprint density at radius 3 is 2.82 bits per heavy atom. The fourth-order valence-electron chi connectivity index (χ4n) is 5.53. The first-order valence-electron chi connectivity index (χ1n) is 13.4. The first kappa shape index (κ1) is 25.4. The number of aromatic nitrogens is 4. The molecule has 2 saturated heterocycles. The van der Waals surface area contributed by atoms with Gasteiger partial charge in [-0.05, 0) is 45.7 Å². The van der Waals surface area contributed by atoms with E-state index in [2.05, 4.69) is 44.3 Å². The van der Waals surface area contributed by atoms with Gasteiger partial charge in [-0.15, -0.1) is 0 Å². The van der Waals surface area contributed by atoms with Gasteiger partial charge in [-0.25, -0.2) is 14.4 Å². The van der Waals surface area contributed by atoms with Crippen molar-refractivity contribution in [1.29, 1.82) is 0 Å². The predicted molar refractivity (Wildman–Crippen MR) is 146 cm³/mol. The van der Waals surface area contributed by atoms with Gasteiger partial charge in [0.25, 0.3) is 5.91 Å². The van der Waals surface area contributed by atoms with Crippen LogP contribution < -0.4 is 20.3 Å². The number of pyridine rings is 1. The number of ether oxygens (including phenoxy) is 2. The van der Waals surface area contributed by atoms with Crippen LogP contribution in [0.3, 0.4) is 0 Å². The second-order valence-electron chi connectivity index (χ2n) is 10.5. The van der Waals surface area contributed by atoms with Crippen molar-refractivity contribution in [3.8, 4) is 6.01 Å². The van der Waals surface area contributed by atoms with Crippen LogP contribution in [0, 0.1) is 12.7 Å². The number of hydrogen-bond donors (Lipinski definition) is 2. The molecule has 3 atom stereocenters. The molecule has 0 bridgehead atoms. The molecule has 0 radical (unpaired) electrons. The van der Waals surface area contributed by atoms with Crippen molar-refractivity contribution in [2.45, 2.75) is 51.8 Å². The molecule has 10 nitrogen and oxygen atoms in total. The minimum Gasteiger partial charge on any atom is -0.461 e. The van der Waals surface area contributed by atoms with E-state index in [4.69, 9.17) is 9.47 Å². The monoisotopic (exact) mass is 533 g/mol. The summed E-state index contributed by atoms with van der Waals surface area (Å²) in [6.45, 7) is 8.79. The van der Waals surface area contributed by atoms with Crippen LogP contribution in [0.15, 0.2) is 36.8 Å². The molecular formula is C28H32FN7O3. The number of fused-ring (bicyclic) bond motifs is 2. The molecule has 6 rings (SSSR count). The molecule has 2 N–H and O–H groups in total. The largest absolute Gasteiger partial charge is 0.461 e. The molecule has 1 unspecified atom stereocenters. The number of benzene rings is 1. The first-order chi connectivity index (χ1) is 18.8. The lowest BCUT2D eigenvalue weighted by Gasteiger charge is -2.38. The van der Waals surface area contributed by atoms with Gasteiger partial charge in [-0.2, -0.15) is 4.98 Å². The highest BCUT2D eigenvalue weighted by molar-refractivity contribution is 6.13. The van der Waals surface area contributed by atoms with Gasteiger partial charge in [-0.1, -0.05) is 0 Å². The smallest absolute Gasteiger partial charge is 0.317 e. The summed E-state index contributed by atoms with van der Waals surface area (Å²) in [4.78, 5) is 29.2. The Morgan fingerprint density at radius 2 is 2.05 bits per heavy atom. The highest BCUT2D eigenvalue weighted by Gasteiger charge is 2.25. The molecule has 0 aliphatic carbocycles. The van der Waals surface area contributed by atoms with E-state index in [1.807, 2.05) is 6.07 Å². The molecule has 2 aliphatic rings. The van der Waals surface area contributed by atoms with Crippen LogP contribution in [-0.4, -0.2) is 69.8 Å². The van der Waals surface area contributed by atoms with Crippen LogP contribution in [0.4, 0.5) is 15.8 Å². The molecule has 0 spiro atoms. The van der Waals surface area contributed by atoms with E-state index in [1.54, 1.807) is 36.0 Å². The van der Waals surface area contributed by atoms with Crippen LogP contribution in [0.2, 0.25) is 0 Å². The van der Waals surface area contributed by atoms with E-state index in [9.17, 15) is 9.18 Å². The number of carbonyl (C=O) groups is 1. The maximum atomic E-state index is 14.7. The zero-order valence-electron chi connectivity index (χ0n) is 22.3. The molecule has 4 aromatic rings. The first-order valence-corrected chi connectivity index (χ1v) is 13.4. The Bertz CT molecular complexity index is 1520. The number of imidazole rings is 1. The summed E-state index contributed by atoms with van der Waals surface area (Å²) >= 11 is 0. The maximum absolute atomic E-state index is 14.7. The lowest BCUT2D eigenvalue weighted by molar-refractivity contribution is 0.0646. The van der Waals surface area contributed by atoms with Gasteiger partial charge in [0.15, 0.2) is 11.5 Å². The van der Waals surface area contributed by atoms with E-state index >= 15 is 0 Å². The molecule has 5 heterocycles. The third-order valence-corrected chi connectivity index (χ3v) is 7.16. The van der Waals surface area contributed by atoms with Gasteiger partial charge in [0.2, 0.25) is 0 Å². The quantitative estimate of drug-likeness (QED) is 0.386. The Balaban J connectivity index is 1.36. The molecule has 1 amide bonds. The van der Waals surface area contributed by atoms with E-state index < -0.39 is 11.7 Å². The van der Waals surface area contributed by atoms with Crippen molar-refractivity contribution in [1.82, 2.24) is 24.7 Å². The highest BCUT2D eigenvalue weighted by Crippen LogP contribution is 2.31. The third kappa shape index (κ3) is 5.24.